The van der Waals surface area contributed by atoms with Crippen molar-refractivity contribution in [1.29, 1.82) is 0 Å². The zero-order valence-corrected chi connectivity index (χ0v) is 19.9. The Morgan fingerprint density at radius 3 is 2.36 bits per heavy atom. The number of ether oxygens (including phenoxy) is 2. The minimum Gasteiger partial charge on any atom is -0.508 e. The predicted octanol–water partition coefficient (Wildman–Crippen LogP) is 5.83. The van der Waals surface area contributed by atoms with Gasteiger partial charge in [0.15, 0.2) is 5.58 Å². The van der Waals surface area contributed by atoms with Crippen LogP contribution in [0.5, 0.6) is 17.2 Å². The lowest BCUT2D eigenvalue weighted by atomic mass is 9.93. The first-order valence-corrected chi connectivity index (χ1v) is 10.6. The van der Waals surface area contributed by atoms with E-state index in [9.17, 15) is 15.0 Å². The smallest absolute Gasteiger partial charge is 0.204 e. The summed E-state index contributed by atoms with van der Waals surface area (Å²) in [6, 6.07) is 6.28. The minimum absolute atomic E-state index is 0.106. The normalized spacial score (nSPS) is 13.5. The summed E-state index contributed by atoms with van der Waals surface area (Å²) in [6.45, 7) is 7.82. The SMILES string of the molecule is CC(C)=CCc1c2c(c3occ(-c4ccc(O)cc4)c(=O)c3c1O)C=CC(C)(C)O2.COC. The van der Waals surface area contributed by atoms with Gasteiger partial charge in [-0.25, -0.2) is 0 Å². The quantitative estimate of drug-likeness (QED) is 0.488. The Hall–Kier alpha value is -3.51. The van der Waals surface area contributed by atoms with Gasteiger partial charge in [-0.05, 0) is 64.0 Å². The minimum atomic E-state index is -0.543. The van der Waals surface area contributed by atoms with Gasteiger partial charge in [0, 0.05) is 19.8 Å². The van der Waals surface area contributed by atoms with Crippen LogP contribution < -0.4 is 10.2 Å². The van der Waals surface area contributed by atoms with E-state index in [0.29, 0.717) is 40.0 Å². The van der Waals surface area contributed by atoms with Crippen LogP contribution in [0.25, 0.3) is 28.2 Å². The summed E-state index contributed by atoms with van der Waals surface area (Å²) in [5, 5.41) is 20.8. The summed E-state index contributed by atoms with van der Waals surface area (Å²) >= 11 is 0. The Balaban J connectivity index is 0.000000968. The van der Waals surface area contributed by atoms with Crippen molar-refractivity contribution in [3.05, 3.63) is 69.6 Å². The molecule has 6 nitrogen and oxygen atoms in total. The second-order valence-electron chi connectivity index (χ2n) is 8.73. The molecule has 33 heavy (non-hydrogen) atoms. The van der Waals surface area contributed by atoms with Crippen LogP contribution in [0.1, 0.15) is 38.8 Å². The fourth-order valence-corrected chi connectivity index (χ4v) is 3.59. The predicted molar refractivity (Wildman–Crippen MR) is 131 cm³/mol. The molecule has 1 aromatic heterocycles. The van der Waals surface area contributed by atoms with Crippen molar-refractivity contribution in [3.63, 3.8) is 0 Å². The molecule has 2 N–H and O–H groups in total. The van der Waals surface area contributed by atoms with Gasteiger partial charge >= 0.3 is 0 Å². The zero-order chi connectivity index (χ0) is 24.3. The largest absolute Gasteiger partial charge is 0.508 e. The third-order valence-electron chi connectivity index (χ3n) is 5.19. The fraction of sp³-hybridized carbons (Fsp3) is 0.296. The highest BCUT2D eigenvalue weighted by Crippen LogP contribution is 2.44. The number of aromatic hydroxyl groups is 2. The standard InChI is InChI=1S/C25H24O5.C2H6O/c1-14(2)5-10-17-21(27)20-22(28)19(15-6-8-16(26)9-7-15)13-29-24(20)18-11-12-25(3,4)30-23(17)18;1-3-2/h5-9,11-13,26-27H,10H2,1-4H3;1-2H3. The van der Waals surface area contributed by atoms with E-state index in [0.717, 1.165) is 5.57 Å². The molecule has 174 valence electrons. The van der Waals surface area contributed by atoms with E-state index < -0.39 is 5.60 Å². The molecule has 0 aliphatic carbocycles. The van der Waals surface area contributed by atoms with Crippen molar-refractivity contribution in [2.45, 2.75) is 39.7 Å². The van der Waals surface area contributed by atoms with Gasteiger partial charge in [-0.2, -0.15) is 0 Å². The number of methoxy groups -OCH3 is 1. The van der Waals surface area contributed by atoms with Crippen LogP contribution in [0.4, 0.5) is 0 Å². The number of hydrogen-bond donors (Lipinski definition) is 2. The average molecular weight is 451 g/mol. The number of fused-ring (bicyclic) bond motifs is 3. The van der Waals surface area contributed by atoms with Crippen molar-refractivity contribution in [3.8, 4) is 28.4 Å². The molecule has 0 spiro atoms. The van der Waals surface area contributed by atoms with E-state index in [-0.39, 0.29) is 22.3 Å². The van der Waals surface area contributed by atoms with Crippen molar-refractivity contribution in [1.82, 2.24) is 0 Å². The lowest BCUT2D eigenvalue weighted by Crippen LogP contribution is -2.28. The highest BCUT2D eigenvalue weighted by Gasteiger charge is 2.30. The number of benzene rings is 2. The van der Waals surface area contributed by atoms with Crippen molar-refractivity contribution in [2.24, 2.45) is 0 Å². The molecule has 0 saturated carbocycles. The van der Waals surface area contributed by atoms with Gasteiger partial charge in [-0.15, -0.1) is 0 Å². The molecule has 0 fully saturated rings. The Labute approximate surface area is 193 Å². The summed E-state index contributed by atoms with van der Waals surface area (Å²) in [4.78, 5) is 13.4. The second kappa shape index (κ2) is 9.55. The van der Waals surface area contributed by atoms with E-state index >= 15 is 0 Å². The number of hydrogen-bond acceptors (Lipinski definition) is 6. The molecule has 0 amide bonds. The molecule has 0 radical (unpaired) electrons. The molecular formula is C27H30O6. The Morgan fingerprint density at radius 1 is 1.12 bits per heavy atom. The maximum Gasteiger partial charge on any atom is 0.204 e. The highest BCUT2D eigenvalue weighted by molar-refractivity contribution is 5.97. The molecule has 0 unspecified atom stereocenters. The lowest BCUT2D eigenvalue weighted by Gasteiger charge is -2.30. The Bertz CT molecular complexity index is 1270. The van der Waals surface area contributed by atoms with Crippen LogP contribution in [0, 0.1) is 0 Å². The highest BCUT2D eigenvalue weighted by atomic mass is 16.5. The van der Waals surface area contributed by atoms with Crippen LogP contribution in [-0.2, 0) is 11.2 Å². The van der Waals surface area contributed by atoms with Gasteiger partial charge in [0.2, 0.25) is 5.43 Å². The third-order valence-corrected chi connectivity index (χ3v) is 5.19. The summed E-state index contributed by atoms with van der Waals surface area (Å²) < 4.78 is 16.3. The fourth-order valence-electron chi connectivity index (χ4n) is 3.59. The topological polar surface area (TPSA) is 89.1 Å². The van der Waals surface area contributed by atoms with Crippen molar-refractivity contribution < 1.29 is 24.1 Å². The van der Waals surface area contributed by atoms with Gasteiger partial charge in [-0.3, -0.25) is 4.79 Å². The molecule has 4 rings (SSSR count). The van der Waals surface area contributed by atoms with E-state index in [1.54, 1.807) is 26.4 Å². The van der Waals surface area contributed by atoms with Gasteiger partial charge < -0.3 is 24.1 Å². The molecule has 0 saturated heterocycles. The molecule has 2 aromatic carbocycles. The van der Waals surface area contributed by atoms with E-state index in [2.05, 4.69) is 4.74 Å². The number of phenolic OH excluding ortho intramolecular Hbond substituents is 2. The van der Waals surface area contributed by atoms with Crippen LogP contribution in [0.15, 0.2) is 57.5 Å². The van der Waals surface area contributed by atoms with Gasteiger partial charge in [0.25, 0.3) is 0 Å². The Morgan fingerprint density at radius 2 is 1.76 bits per heavy atom. The van der Waals surface area contributed by atoms with Gasteiger partial charge in [0.1, 0.15) is 34.5 Å². The molecule has 0 atom stereocenters. The van der Waals surface area contributed by atoms with Crippen LogP contribution >= 0.6 is 0 Å². The third kappa shape index (κ3) is 4.96. The molecular weight excluding hydrogens is 420 g/mol. The summed E-state index contributed by atoms with van der Waals surface area (Å²) in [5.74, 6) is 0.516. The summed E-state index contributed by atoms with van der Waals surface area (Å²) in [7, 11) is 3.25. The second-order valence-corrected chi connectivity index (χ2v) is 8.73. The summed E-state index contributed by atoms with van der Waals surface area (Å²) in [6.07, 6.45) is 7.60. The van der Waals surface area contributed by atoms with Crippen LogP contribution in [0.2, 0.25) is 0 Å². The van der Waals surface area contributed by atoms with Crippen LogP contribution in [-0.4, -0.2) is 30.0 Å². The van der Waals surface area contributed by atoms with Gasteiger partial charge in [-0.1, -0.05) is 23.8 Å². The maximum absolute atomic E-state index is 13.4. The van der Waals surface area contributed by atoms with E-state index in [1.165, 1.54) is 18.4 Å². The molecule has 6 heteroatoms. The van der Waals surface area contributed by atoms with Crippen LogP contribution in [0.3, 0.4) is 0 Å². The van der Waals surface area contributed by atoms with Crippen molar-refractivity contribution in [2.75, 3.05) is 14.2 Å². The van der Waals surface area contributed by atoms with E-state index in [1.807, 2.05) is 45.9 Å². The first-order valence-electron chi connectivity index (χ1n) is 10.6. The number of phenols is 2. The maximum atomic E-state index is 13.4. The molecule has 3 aromatic rings. The molecule has 1 aliphatic heterocycles. The van der Waals surface area contributed by atoms with Gasteiger partial charge in [0.05, 0.1) is 11.1 Å². The first kappa shape index (κ1) is 24.1. The number of rotatable bonds is 3. The lowest BCUT2D eigenvalue weighted by molar-refractivity contribution is 0.157. The molecule has 0 bridgehead atoms. The average Bonchev–Trinajstić information content (AvgIpc) is 2.74. The molecule has 1 aliphatic rings. The Kier molecular flexibility index (Phi) is 6.98. The van der Waals surface area contributed by atoms with Crippen molar-refractivity contribution >= 4 is 17.0 Å². The van der Waals surface area contributed by atoms with E-state index in [4.69, 9.17) is 9.15 Å². The first-order chi connectivity index (χ1) is 15.6. The number of allylic oxidation sites excluding steroid dienone is 2. The monoisotopic (exact) mass is 450 g/mol. The molecule has 2 heterocycles. The summed E-state index contributed by atoms with van der Waals surface area (Å²) in [5.41, 5.74) is 2.63. The zero-order valence-electron chi connectivity index (χ0n) is 19.9.